The van der Waals surface area contributed by atoms with Crippen LogP contribution in [0.1, 0.15) is 10.4 Å². The molecule has 1 amide bonds. The number of hydrogen-bond donors (Lipinski definition) is 1. The van der Waals surface area contributed by atoms with Gasteiger partial charge < -0.3 is 20.1 Å². The lowest BCUT2D eigenvalue weighted by atomic mass is 10.1. The van der Waals surface area contributed by atoms with Crippen molar-refractivity contribution in [2.45, 2.75) is 0 Å². The van der Waals surface area contributed by atoms with E-state index < -0.39 is 23.1 Å². The largest absolute Gasteiger partial charge is 0.396 e. The van der Waals surface area contributed by atoms with Gasteiger partial charge in [-0.25, -0.2) is 8.78 Å². The number of carbonyl (C=O) groups excluding carboxylic acids is 1. The van der Waals surface area contributed by atoms with Crippen LogP contribution in [0.25, 0.3) is 0 Å². The first kappa shape index (κ1) is 16.3. The number of nitrogens with two attached hydrogens (primary N) is 1. The quantitative estimate of drug-likeness (QED) is 0.768. The van der Waals surface area contributed by atoms with Crippen LogP contribution < -0.4 is 5.73 Å². The van der Waals surface area contributed by atoms with Crippen molar-refractivity contribution in [1.29, 1.82) is 0 Å². The second kappa shape index (κ2) is 7.76. The summed E-state index contributed by atoms with van der Waals surface area (Å²) in [7, 11) is 2.95. The van der Waals surface area contributed by atoms with Crippen molar-refractivity contribution in [2.75, 3.05) is 46.3 Å². The minimum atomic E-state index is -1.05. The van der Waals surface area contributed by atoms with Crippen LogP contribution in [0.5, 0.6) is 0 Å². The molecule has 1 aromatic carbocycles. The second-order valence-corrected chi connectivity index (χ2v) is 4.10. The van der Waals surface area contributed by atoms with E-state index in [2.05, 4.69) is 0 Å². The number of ether oxygens (including phenoxy) is 2. The Kier molecular flexibility index (Phi) is 6.33. The van der Waals surface area contributed by atoms with Crippen LogP contribution in [-0.4, -0.2) is 51.3 Å². The molecular weight excluding hydrogens is 270 g/mol. The molecule has 0 saturated heterocycles. The maximum Gasteiger partial charge on any atom is 0.260 e. The van der Waals surface area contributed by atoms with E-state index in [0.717, 1.165) is 12.1 Å². The SMILES string of the molecule is COCCN(CCOC)C(=O)c1c(F)ccc(N)c1F. The van der Waals surface area contributed by atoms with Crippen molar-refractivity contribution in [1.82, 2.24) is 4.90 Å². The number of methoxy groups -OCH3 is 2. The molecule has 0 aliphatic heterocycles. The Labute approximate surface area is 116 Å². The maximum atomic E-state index is 13.8. The Morgan fingerprint density at radius 3 is 2.25 bits per heavy atom. The fourth-order valence-corrected chi connectivity index (χ4v) is 1.64. The van der Waals surface area contributed by atoms with Gasteiger partial charge in [-0.15, -0.1) is 0 Å². The normalized spacial score (nSPS) is 10.6. The van der Waals surface area contributed by atoms with Crippen LogP contribution in [0, 0.1) is 11.6 Å². The van der Waals surface area contributed by atoms with Crippen molar-refractivity contribution in [3.8, 4) is 0 Å². The van der Waals surface area contributed by atoms with Gasteiger partial charge in [-0.2, -0.15) is 0 Å². The molecule has 0 heterocycles. The van der Waals surface area contributed by atoms with E-state index in [1.807, 2.05) is 0 Å². The van der Waals surface area contributed by atoms with Crippen molar-refractivity contribution < 1.29 is 23.0 Å². The fraction of sp³-hybridized carbons (Fsp3) is 0.462. The summed E-state index contributed by atoms with van der Waals surface area (Å²) in [6.45, 7) is 0.904. The lowest BCUT2D eigenvalue weighted by Gasteiger charge is -2.22. The highest BCUT2D eigenvalue weighted by Gasteiger charge is 2.24. The molecule has 0 bridgehead atoms. The minimum Gasteiger partial charge on any atom is -0.396 e. The van der Waals surface area contributed by atoms with Gasteiger partial charge in [0.2, 0.25) is 0 Å². The van der Waals surface area contributed by atoms with Crippen LogP contribution in [0.2, 0.25) is 0 Å². The first-order chi connectivity index (χ1) is 9.52. The molecule has 1 aromatic rings. The maximum absolute atomic E-state index is 13.8. The van der Waals surface area contributed by atoms with Gasteiger partial charge in [-0.05, 0) is 12.1 Å². The van der Waals surface area contributed by atoms with Gasteiger partial charge >= 0.3 is 0 Å². The number of nitrogens with zero attached hydrogens (tertiary/aromatic N) is 1. The van der Waals surface area contributed by atoms with E-state index in [1.54, 1.807) is 0 Å². The van der Waals surface area contributed by atoms with Crippen molar-refractivity contribution in [3.05, 3.63) is 29.3 Å². The number of carbonyl (C=O) groups is 1. The molecule has 0 aliphatic rings. The zero-order valence-corrected chi connectivity index (χ0v) is 11.5. The molecule has 0 aliphatic carbocycles. The fourth-order valence-electron chi connectivity index (χ4n) is 1.64. The monoisotopic (exact) mass is 288 g/mol. The van der Waals surface area contributed by atoms with Crippen LogP contribution in [0.4, 0.5) is 14.5 Å². The molecule has 2 N–H and O–H groups in total. The molecule has 0 unspecified atom stereocenters. The Balaban J connectivity index is 3.01. The number of hydrogen-bond acceptors (Lipinski definition) is 4. The summed E-state index contributed by atoms with van der Waals surface area (Å²) in [6, 6.07) is 2.05. The molecule has 20 heavy (non-hydrogen) atoms. The van der Waals surface area contributed by atoms with Crippen molar-refractivity contribution >= 4 is 11.6 Å². The Hall–Kier alpha value is -1.73. The number of anilines is 1. The van der Waals surface area contributed by atoms with Gasteiger partial charge in [0.25, 0.3) is 5.91 Å². The Bertz CT molecular complexity index is 461. The average molecular weight is 288 g/mol. The number of benzene rings is 1. The standard InChI is InChI=1S/C13H18F2N2O3/c1-19-7-5-17(6-8-20-2)13(18)11-9(14)3-4-10(16)12(11)15/h3-4H,5-8,16H2,1-2H3. The van der Waals surface area contributed by atoms with Gasteiger partial charge in [-0.1, -0.05) is 0 Å². The highest BCUT2D eigenvalue weighted by atomic mass is 19.1. The second-order valence-electron chi connectivity index (χ2n) is 4.10. The third-order valence-corrected chi connectivity index (χ3v) is 2.75. The summed E-state index contributed by atoms with van der Waals surface area (Å²) in [5.74, 6) is -2.77. The zero-order chi connectivity index (χ0) is 15.1. The van der Waals surface area contributed by atoms with Crippen LogP contribution >= 0.6 is 0 Å². The number of halogens is 2. The summed E-state index contributed by atoms with van der Waals surface area (Å²) < 4.78 is 37.3. The highest BCUT2D eigenvalue weighted by Crippen LogP contribution is 2.20. The van der Waals surface area contributed by atoms with E-state index in [-0.39, 0.29) is 32.0 Å². The Morgan fingerprint density at radius 2 is 1.75 bits per heavy atom. The molecule has 0 atom stereocenters. The third kappa shape index (κ3) is 3.88. The summed E-state index contributed by atoms with van der Waals surface area (Å²) in [5.41, 5.74) is 4.44. The molecule has 0 spiro atoms. The molecule has 7 heteroatoms. The molecule has 112 valence electrons. The summed E-state index contributed by atoms with van der Waals surface area (Å²) in [4.78, 5) is 13.5. The minimum absolute atomic E-state index is 0.201. The first-order valence-electron chi connectivity index (χ1n) is 6.03. The van der Waals surface area contributed by atoms with Gasteiger partial charge in [0, 0.05) is 27.3 Å². The van der Waals surface area contributed by atoms with E-state index in [0.29, 0.717) is 0 Å². The van der Waals surface area contributed by atoms with E-state index in [9.17, 15) is 13.6 Å². The Morgan fingerprint density at radius 1 is 1.20 bits per heavy atom. The molecule has 0 radical (unpaired) electrons. The molecular formula is C13H18F2N2O3. The van der Waals surface area contributed by atoms with E-state index >= 15 is 0 Å². The first-order valence-corrected chi connectivity index (χ1v) is 6.03. The van der Waals surface area contributed by atoms with Crippen LogP contribution in [-0.2, 0) is 9.47 Å². The predicted molar refractivity (Wildman–Crippen MR) is 70.4 cm³/mol. The van der Waals surface area contributed by atoms with E-state index in [1.165, 1.54) is 19.1 Å². The number of nitrogen functional groups attached to an aromatic ring is 1. The molecule has 0 aromatic heterocycles. The van der Waals surface area contributed by atoms with Crippen molar-refractivity contribution in [2.24, 2.45) is 0 Å². The smallest absolute Gasteiger partial charge is 0.260 e. The van der Waals surface area contributed by atoms with Gasteiger partial charge in [0.15, 0.2) is 5.82 Å². The number of rotatable bonds is 7. The lowest BCUT2D eigenvalue weighted by Crippen LogP contribution is -2.37. The van der Waals surface area contributed by atoms with Gasteiger partial charge in [0.05, 0.1) is 18.9 Å². The zero-order valence-electron chi connectivity index (χ0n) is 11.5. The summed E-state index contributed by atoms with van der Waals surface area (Å²) in [5, 5.41) is 0. The lowest BCUT2D eigenvalue weighted by molar-refractivity contribution is 0.0618. The van der Waals surface area contributed by atoms with Gasteiger partial charge in [0.1, 0.15) is 11.4 Å². The molecule has 1 rings (SSSR count). The highest BCUT2D eigenvalue weighted by molar-refractivity contribution is 5.95. The molecule has 0 saturated carbocycles. The van der Waals surface area contributed by atoms with Crippen LogP contribution in [0.15, 0.2) is 12.1 Å². The topological polar surface area (TPSA) is 64.8 Å². The van der Waals surface area contributed by atoms with Crippen LogP contribution in [0.3, 0.4) is 0 Å². The molecule has 5 nitrogen and oxygen atoms in total. The van der Waals surface area contributed by atoms with Gasteiger partial charge in [-0.3, -0.25) is 4.79 Å². The summed E-state index contributed by atoms with van der Waals surface area (Å²) in [6.07, 6.45) is 0. The number of amides is 1. The molecule has 0 fully saturated rings. The van der Waals surface area contributed by atoms with Crippen molar-refractivity contribution in [3.63, 3.8) is 0 Å². The van der Waals surface area contributed by atoms with E-state index in [4.69, 9.17) is 15.2 Å². The third-order valence-electron chi connectivity index (χ3n) is 2.75. The predicted octanol–water partition coefficient (Wildman–Crippen LogP) is 1.28. The average Bonchev–Trinajstić information content (AvgIpc) is 2.43. The summed E-state index contributed by atoms with van der Waals surface area (Å²) >= 11 is 0.